The van der Waals surface area contributed by atoms with E-state index in [-0.39, 0.29) is 12.0 Å². The summed E-state index contributed by atoms with van der Waals surface area (Å²) in [6.07, 6.45) is 1.24. The number of ether oxygens (including phenoxy) is 1. The Morgan fingerprint density at radius 1 is 1.31 bits per heavy atom. The molecule has 0 aliphatic carbocycles. The van der Waals surface area contributed by atoms with Crippen molar-refractivity contribution in [2.75, 3.05) is 6.61 Å². The van der Waals surface area contributed by atoms with Gasteiger partial charge in [0.1, 0.15) is 18.9 Å². The number of benzene rings is 1. The quantitative estimate of drug-likeness (QED) is 0.604. The molecule has 0 saturated heterocycles. The van der Waals surface area contributed by atoms with Gasteiger partial charge in [0, 0.05) is 0 Å². The molecule has 66 valence electrons. The number of rotatable bonds is 1. The lowest BCUT2D eigenvalue weighted by Crippen LogP contribution is -2.18. The van der Waals surface area contributed by atoms with Gasteiger partial charge in [0.2, 0.25) is 0 Å². The molecule has 0 saturated carbocycles. The highest BCUT2D eigenvalue weighted by Gasteiger charge is 2.15. The van der Waals surface area contributed by atoms with E-state index in [1.807, 2.05) is 30.3 Å². The standard InChI is InChI=1S/C10H9NO2/c12-10-6-11-9(7-13-10)8-4-2-1-3-5-8/h1-6,9H,7H2/t9-/m0/s1. The lowest BCUT2D eigenvalue weighted by molar-refractivity contribution is -0.136. The van der Waals surface area contributed by atoms with Crippen molar-refractivity contribution in [2.24, 2.45) is 4.99 Å². The minimum absolute atomic E-state index is 0.0288. The molecule has 1 atom stereocenters. The van der Waals surface area contributed by atoms with Crippen LogP contribution < -0.4 is 0 Å². The summed E-state index contributed by atoms with van der Waals surface area (Å²) in [5, 5.41) is 0. The van der Waals surface area contributed by atoms with Crippen LogP contribution in [0.5, 0.6) is 0 Å². The van der Waals surface area contributed by atoms with Crippen molar-refractivity contribution in [3.8, 4) is 0 Å². The van der Waals surface area contributed by atoms with Crippen molar-refractivity contribution >= 4 is 12.2 Å². The van der Waals surface area contributed by atoms with Crippen LogP contribution in [0.4, 0.5) is 0 Å². The summed E-state index contributed by atoms with van der Waals surface area (Å²) in [6.45, 7) is 0.347. The number of hydrogen-bond acceptors (Lipinski definition) is 3. The molecular formula is C10H9NO2. The summed E-state index contributed by atoms with van der Waals surface area (Å²) in [5.41, 5.74) is 1.08. The molecule has 1 aromatic rings. The maximum atomic E-state index is 10.7. The Morgan fingerprint density at radius 3 is 2.69 bits per heavy atom. The van der Waals surface area contributed by atoms with Gasteiger partial charge in [0.25, 0.3) is 0 Å². The monoisotopic (exact) mass is 175 g/mol. The van der Waals surface area contributed by atoms with E-state index < -0.39 is 0 Å². The molecule has 0 amide bonds. The molecule has 0 aromatic heterocycles. The average molecular weight is 175 g/mol. The second-order valence-corrected chi connectivity index (χ2v) is 2.83. The second kappa shape index (κ2) is 3.39. The van der Waals surface area contributed by atoms with Gasteiger partial charge in [-0.1, -0.05) is 30.3 Å². The highest BCUT2D eigenvalue weighted by atomic mass is 16.5. The van der Waals surface area contributed by atoms with Gasteiger partial charge in [-0.15, -0.1) is 0 Å². The number of carbonyl (C=O) groups is 1. The molecule has 0 bridgehead atoms. The predicted molar refractivity (Wildman–Crippen MR) is 48.6 cm³/mol. The van der Waals surface area contributed by atoms with E-state index in [9.17, 15) is 4.79 Å². The Balaban J connectivity index is 2.20. The fraction of sp³-hybridized carbons (Fsp3) is 0.200. The highest BCUT2D eigenvalue weighted by molar-refractivity contribution is 6.23. The fourth-order valence-electron chi connectivity index (χ4n) is 1.25. The van der Waals surface area contributed by atoms with E-state index in [4.69, 9.17) is 4.74 Å². The fourth-order valence-corrected chi connectivity index (χ4v) is 1.25. The van der Waals surface area contributed by atoms with Crippen LogP contribution in [0.15, 0.2) is 35.3 Å². The molecule has 13 heavy (non-hydrogen) atoms. The Labute approximate surface area is 76.1 Å². The second-order valence-electron chi connectivity index (χ2n) is 2.83. The summed E-state index contributed by atoms with van der Waals surface area (Å²) in [7, 11) is 0. The number of nitrogens with zero attached hydrogens (tertiary/aromatic N) is 1. The molecule has 3 nitrogen and oxygen atoms in total. The first-order chi connectivity index (χ1) is 6.36. The molecule has 0 radical (unpaired) electrons. The molecule has 0 unspecified atom stereocenters. The van der Waals surface area contributed by atoms with Crippen LogP contribution in [0.3, 0.4) is 0 Å². The van der Waals surface area contributed by atoms with Gasteiger partial charge in [-0.05, 0) is 5.56 Å². The van der Waals surface area contributed by atoms with Crippen LogP contribution in [0.1, 0.15) is 11.6 Å². The van der Waals surface area contributed by atoms with Gasteiger partial charge in [-0.3, -0.25) is 4.99 Å². The lowest BCUT2D eigenvalue weighted by Gasteiger charge is -2.15. The molecule has 1 aliphatic rings. The van der Waals surface area contributed by atoms with Crippen LogP contribution in [-0.4, -0.2) is 18.8 Å². The topological polar surface area (TPSA) is 38.7 Å². The smallest absolute Gasteiger partial charge is 0.349 e. The van der Waals surface area contributed by atoms with Crippen LogP contribution in [0.25, 0.3) is 0 Å². The van der Waals surface area contributed by atoms with Crippen molar-refractivity contribution in [1.82, 2.24) is 0 Å². The van der Waals surface area contributed by atoms with Gasteiger partial charge >= 0.3 is 5.97 Å². The minimum Gasteiger partial charge on any atom is -0.459 e. The van der Waals surface area contributed by atoms with Crippen molar-refractivity contribution < 1.29 is 9.53 Å². The molecular weight excluding hydrogens is 166 g/mol. The van der Waals surface area contributed by atoms with Gasteiger partial charge in [-0.2, -0.15) is 0 Å². The van der Waals surface area contributed by atoms with Crippen molar-refractivity contribution in [3.63, 3.8) is 0 Å². The summed E-state index contributed by atoms with van der Waals surface area (Å²) < 4.78 is 4.86. The van der Waals surface area contributed by atoms with E-state index in [0.717, 1.165) is 5.56 Å². The Morgan fingerprint density at radius 2 is 2.08 bits per heavy atom. The minimum atomic E-state index is -0.354. The van der Waals surface area contributed by atoms with E-state index in [0.29, 0.717) is 6.61 Å². The molecule has 0 spiro atoms. The van der Waals surface area contributed by atoms with Gasteiger partial charge < -0.3 is 4.74 Å². The zero-order valence-electron chi connectivity index (χ0n) is 7.01. The zero-order chi connectivity index (χ0) is 9.10. The van der Waals surface area contributed by atoms with Crippen LogP contribution in [-0.2, 0) is 9.53 Å². The van der Waals surface area contributed by atoms with Crippen LogP contribution in [0.2, 0.25) is 0 Å². The molecule has 1 aromatic carbocycles. The Bertz CT molecular complexity index is 332. The molecule has 1 heterocycles. The number of carbonyl (C=O) groups excluding carboxylic acids is 1. The van der Waals surface area contributed by atoms with E-state index in [2.05, 4.69) is 4.99 Å². The average Bonchev–Trinajstić information content (AvgIpc) is 2.20. The Kier molecular flexibility index (Phi) is 2.08. The number of aliphatic imine (C=N–C) groups is 1. The van der Waals surface area contributed by atoms with Gasteiger partial charge in [0.15, 0.2) is 0 Å². The van der Waals surface area contributed by atoms with E-state index in [1.54, 1.807) is 0 Å². The van der Waals surface area contributed by atoms with Crippen LogP contribution >= 0.6 is 0 Å². The lowest BCUT2D eigenvalue weighted by atomic mass is 10.1. The summed E-state index contributed by atoms with van der Waals surface area (Å²) in [4.78, 5) is 14.7. The van der Waals surface area contributed by atoms with Gasteiger partial charge in [-0.25, -0.2) is 4.79 Å². The third kappa shape index (κ3) is 1.75. The Hall–Kier alpha value is -1.64. The molecule has 0 fully saturated rings. The largest absolute Gasteiger partial charge is 0.459 e. The molecule has 1 aliphatic heterocycles. The first kappa shape index (κ1) is 7.98. The van der Waals surface area contributed by atoms with Crippen molar-refractivity contribution in [3.05, 3.63) is 35.9 Å². The van der Waals surface area contributed by atoms with E-state index >= 15 is 0 Å². The zero-order valence-corrected chi connectivity index (χ0v) is 7.01. The summed E-state index contributed by atoms with van der Waals surface area (Å²) in [5.74, 6) is -0.354. The van der Waals surface area contributed by atoms with Crippen LogP contribution in [0, 0.1) is 0 Å². The predicted octanol–water partition coefficient (Wildman–Crippen LogP) is 1.36. The third-order valence-corrected chi connectivity index (χ3v) is 1.93. The SMILES string of the molecule is O=C1C=N[C@H](c2ccccc2)CO1. The highest BCUT2D eigenvalue weighted by Crippen LogP contribution is 2.18. The number of esters is 1. The molecule has 2 rings (SSSR count). The van der Waals surface area contributed by atoms with E-state index in [1.165, 1.54) is 6.21 Å². The summed E-state index contributed by atoms with van der Waals surface area (Å²) in [6, 6.07) is 9.76. The van der Waals surface area contributed by atoms with Gasteiger partial charge in [0.05, 0.1) is 0 Å². The summed E-state index contributed by atoms with van der Waals surface area (Å²) >= 11 is 0. The normalized spacial score (nSPS) is 21.2. The number of cyclic esters (lactones) is 1. The van der Waals surface area contributed by atoms with Crippen molar-refractivity contribution in [2.45, 2.75) is 6.04 Å². The molecule has 0 N–H and O–H groups in total. The first-order valence-corrected chi connectivity index (χ1v) is 4.11. The number of hydrogen-bond donors (Lipinski definition) is 0. The third-order valence-electron chi connectivity index (χ3n) is 1.93. The molecule has 3 heteroatoms. The first-order valence-electron chi connectivity index (χ1n) is 4.11. The maximum Gasteiger partial charge on any atom is 0.349 e. The maximum absolute atomic E-state index is 10.7. The van der Waals surface area contributed by atoms with Crippen molar-refractivity contribution in [1.29, 1.82) is 0 Å².